The Morgan fingerprint density at radius 2 is 2.40 bits per heavy atom. The van der Waals surface area contributed by atoms with Crippen LogP contribution in [0.3, 0.4) is 0 Å². The summed E-state index contributed by atoms with van der Waals surface area (Å²) in [5.74, 6) is 0.508. The fourth-order valence-corrected chi connectivity index (χ4v) is 2.27. The smallest absolute Gasteiger partial charge is 0.410 e. The van der Waals surface area contributed by atoms with Gasteiger partial charge in [-0.3, -0.25) is 4.79 Å². The van der Waals surface area contributed by atoms with Crippen LogP contribution in [0.1, 0.15) is 28.8 Å². The highest BCUT2D eigenvalue weighted by Crippen LogP contribution is 2.19. The van der Waals surface area contributed by atoms with Crippen LogP contribution in [-0.4, -0.2) is 50.0 Å². The molecule has 0 N–H and O–H groups in total. The fraction of sp³-hybridized carbons (Fsp3) is 0.417. The normalized spacial score (nSPS) is 14.2. The quantitative estimate of drug-likeness (QED) is 0.739. The molecule has 1 amide bonds. The molecule has 0 saturated heterocycles. The lowest BCUT2D eigenvalue weighted by molar-refractivity contribution is 0.102. The predicted octanol–water partition coefficient (Wildman–Crippen LogP) is 0.451. The molecule has 1 aliphatic heterocycles. The van der Waals surface area contributed by atoms with E-state index in [4.69, 9.17) is 4.74 Å². The molecule has 0 aliphatic carbocycles. The maximum absolute atomic E-state index is 11.7. The predicted molar refractivity (Wildman–Crippen MR) is 67.3 cm³/mol. The van der Waals surface area contributed by atoms with Gasteiger partial charge in [-0.2, -0.15) is 4.98 Å². The number of ether oxygens (including phenoxy) is 1. The van der Waals surface area contributed by atoms with Crippen molar-refractivity contribution in [2.24, 2.45) is 0 Å². The van der Waals surface area contributed by atoms with Crippen LogP contribution in [0.25, 0.3) is 5.78 Å². The zero-order valence-corrected chi connectivity index (χ0v) is 10.9. The minimum atomic E-state index is -0.328. The number of aromatic nitrogens is 4. The first kappa shape index (κ1) is 12.5. The van der Waals surface area contributed by atoms with E-state index in [-0.39, 0.29) is 11.9 Å². The number of carbonyl (C=O) groups excluding carboxylic acids is 2. The van der Waals surface area contributed by atoms with E-state index in [0.717, 1.165) is 11.3 Å². The molecule has 20 heavy (non-hydrogen) atoms. The summed E-state index contributed by atoms with van der Waals surface area (Å²) in [5, 5.41) is 4.09. The molecule has 0 radical (unpaired) electrons. The van der Waals surface area contributed by atoms with Crippen LogP contribution in [0, 0.1) is 0 Å². The number of aldehydes is 1. The first-order valence-electron chi connectivity index (χ1n) is 6.33. The number of fused-ring (bicyclic) bond motifs is 3. The lowest BCUT2D eigenvalue weighted by atomic mass is 10.1. The van der Waals surface area contributed by atoms with Gasteiger partial charge in [-0.1, -0.05) is 0 Å². The minimum absolute atomic E-state index is 0.110. The van der Waals surface area contributed by atoms with Crippen LogP contribution in [0.2, 0.25) is 0 Å². The van der Waals surface area contributed by atoms with Gasteiger partial charge < -0.3 is 9.64 Å². The molecule has 104 valence electrons. The molecule has 8 nitrogen and oxygen atoms in total. The monoisotopic (exact) mass is 275 g/mol. The molecule has 0 atom stereocenters. The van der Waals surface area contributed by atoms with E-state index in [0.29, 0.717) is 38.2 Å². The number of amides is 1. The molecule has 0 saturated carbocycles. The summed E-state index contributed by atoms with van der Waals surface area (Å²) in [6.07, 6.45) is 2.55. The third-order valence-electron chi connectivity index (χ3n) is 3.18. The van der Waals surface area contributed by atoms with Gasteiger partial charge in [0.2, 0.25) is 5.82 Å². The highest BCUT2D eigenvalue weighted by Gasteiger charge is 2.24. The van der Waals surface area contributed by atoms with Crippen LogP contribution >= 0.6 is 0 Å². The van der Waals surface area contributed by atoms with Crippen molar-refractivity contribution in [2.45, 2.75) is 19.9 Å². The molecule has 2 aromatic heterocycles. The highest BCUT2D eigenvalue weighted by molar-refractivity contribution is 5.70. The van der Waals surface area contributed by atoms with Crippen molar-refractivity contribution in [2.75, 3.05) is 13.2 Å². The van der Waals surface area contributed by atoms with Crippen molar-refractivity contribution in [3.63, 3.8) is 0 Å². The minimum Gasteiger partial charge on any atom is -0.450 e. The summed E-state index contributed by atoms with van der Waals surface area (Å²) in [6, 6.07) is 0. The molecule has 0 fully saturated rings. The van der Waals surface area contributed by atoms with Gasteiger partial charge in [-0.05, 0) is 6.92 Å². The Hall–Kier alpha value is -2.51. The third kappa shape index (κ3) is 1.98. The molecular formula is C12H13N5O3. The van der Waals surface area contributed by atoms with Crippen molar-refractivity contribution in [1.29, 1.82) is 0 Å². The highest BCUT2D eigenvalue weighted by atomic mass is 16.6. The van der Waals surface area contributed by atoms with Crippen molar-refractivity contribution >= 4 is 18.2 Å². The lowest BCUT2D eigenvalue weighted by Crippen LogP contribution is -2.37. The standard InChI is InChI=1S/C12H13N5O3/c1-2-20-12(19)16-4-3-9-8(6-16)5-13-11-14-10(7-18)15-17(9)11/h5,7H,2-4,6H2,1H3. The third-order valence-corrected chi connectivity index (χ3v) is 3.18. The lowest BCUT2D eigenvalue weighted by Gasteiger charge is -2.27. The van der Waals surface area contributed by atoms with Gasteiger partial charge in [0.1, 0.15) is 0 Å². The molecule has 0 unspecified atom stereocenters. The zero-order valence-electron chi connectivity index (χ0n) is 10.9. The van der Waals surface area contributed by atoms with E-state index in [2.05, 4.69) is 15.1 Å². The van der Waals surface area contributed by atoms with Gasteiger partial charge in [-0.15, -0.1) is 5.10 Å². The van der Waals surface area contributed by atoms with E-state index >= 15 is 0 Å². The van der Waals surface area contributed by atoms with Crippen molar-refractivity contribution in [3.05, 3.63) is 23.3 Å². The second-order valence-electron chi connectivity index (χ2n) is 4.40. The number of nitrogens with zero attached hydrogens (tertiary/aromatic N) is 5. The Morgan fingerprint density at radius 1 is 1.55 bits per heavy atom. The number of hydrogen-bond acceptors (Lipinski definition) is 6. The van der Waals surface area contributed by atoms with Gasteiger partial charge in [0.15, 0.2) is 6.29 Å². The average molecular weight is 275 g/mol. The number of hydrogen-bond donors (Lipinski definition) is 0. The molecule has 3 rings (SSSR count). The molecule has 0 spiro atoms. The van der Waals surface area contributed by atoms with Gasteiger partial charge in [0.05, 0.1) is 18.8 Å². The summed E-state index contributed by atoms with van der Waals surface area (Å²) in [7, 11) is 0. The van der Waals surface area contributed by atoms with Gasteiger partial charge in [0.25, 0.3) is 5.78 Å². The SMILES string of the molecule is CCOC(=O)N1CCc2c(cnc3nc(C=O)nn23)C1. The summed E-state index contributed by atoms with van der Waals surface area (Å²) in [4.78, 5) is 32.2. The first-order chi connectivity index (χ1) is 9.72. The maximum atomic E-state index is 11.7. The molecule has 0 bridgehead atoms. The summed E-state index contributed by atoms with van der Waals surface area (Å²) in [5.41, 5.74) is 1.82. The Balaban J connectivity index is 1.95. The topological polar surface area (TPSA) is 89.7 Å². The Morgan fingerprint density at radius 3 is 3.15 bits per heavy atom. The first-order valence-corrected chi connectivity index (χ1v) is 6.33. The molecule has 0 aromatic carbocycles. The average Bonchev–Trinajstić information content (AvgIpc) is 2.90. The van der Waals surface area contributed by atoms with Crippen LogP contribution in [-0.2, 0) is 17.7 Å². The summed E-state index contributed by atoms with van der Waals surface area (Å²) in [6.45, 7) is 3.09. The van der Waals surface area contributed by atoms with Crippen molar-refractivity contribution in [1.82, 2.24) is 24.5 Å². The van der Waals surface area contributed by atoms with Gasteiger partial charge in [-0.25, -0.2) is 14.3 Å². The van der Waals surface area contributed by atoms with Crippen LogP contribution in [0.15, 0.2) is 6.20 Å². The zero-order chi connectivity index (χ0) is 14.1. The van der Waals surface area contributed by atoms with Crippen LogP contribution in [0.5, 0.6) is 0 Å². The van der Waals surface area contributed by atoms with E-state index in [1.807, 2.05) is 0 Å². The van der Waals surface area contributed by atoms with Crippen molar-refractivity contribution < 1.29 is 14.3 Å². The van der Waals surface area contributed by atoms with Crippen molar-refractivity contribution in [3.8, 4) is 0 Å². The summed E-state index contributed by atoms with van der Waals surface area (Å²) < 4.78 is 6.56. The second kappa shape index (κ2) is 4.87. The van der Waals surface area contributed by atoms with E-state index in [1.165, 1.54) is 0 Å². The number of carbonyl (C=O) groups is 2. The largest absolute Gasteiger partial charge is 0.450 e. The Labute approximate surface area is 114 Å². The molecule has 1 aliphatic rings. The van der Waals surface area contributed by atoms with E-state index < -0.39 is 0 Å². The van der Waals surface area contributed by atoms with Crippen LogP contribution < -0.4 is 0 Å². The number of rotatable bonds is 2. The molecule has 3 heterocycles. The molecule has 8 heteroatoms. The fourth-order valence-electron chi connectivity index (χ4n) is 2.27. The second-order valence-corrected chi connectivity index (χ2v) is 4.40. The molecule has 2 aromatic rings. The van der Waals surface area contributed by atoms with E-state index in [9.17, 15) is 9.59 Å². The Kier molecular flexibility index (Phi) is 3.05. The maximum Gasteiger partial charge on any atom is 0.410 e. The van der Waals surface area contributed by atoms with Crippen LogP contribution in [0.4, 0.5) is 4.79 Å². The van der Waals surface area contributed by atoms with Gasteiger partial charge >= 0.3 is 6.09 Å². The summed E-state index contributed by atoms with van der Waals surface area (Å²) >= 11 is 0. The Bertz CT molecular complexity index is 681. The van der Waals surface area contributed by atoms with E-state index in [1.54, 1.807) is 22.5 Å². The molecular weight excluding hydrogens is 262 g/mol. The van der Waals surface area contributed by atoms with Gasteiger partial charge in [0, 0.05) is 24.7 Å².